The van der Waals surface area contributed by atoms with Gasteiger partial charge in [-0.3, -0.25) is 4.57 Å². The lowest BCUT2D eigenvalue weighted by Crippen LogP contribution is -2.27. The maximum Gasteiger partial charge on any atom is 0.350 e. The summed E-state index contributed by atoms with van der Waals surface area (Å²) < 4.78 is 19.3. The largest absolute Gasteiger partial charge is 0.381 e. The molecule has 7 heteroatoms. The maximum absolute atomic E-state index is 13.0. The smallest absolute Gasteiger partial charge is 0.350 e. The standard InChI is InChI=1S/C7H8FN3O2S/c8-4-1-11(5-2-13-3-14-5)7(12)10-6(4)9/h1,5H,2-3H2,(H2,9,10,12). The van der Waals surface area contributed by atoms with Crippen LogP contribution in [0.2, 0.25) is 0 Å². The molecule has 1 aliphatic heterocycles. The van der Waals surface area contributed by atoms with Gasteiger partial charge in [-0.1, -0.05) is 0 Å². The van der Waals surface area contributed by atoms with Crippen LogP contribution in [-0.2, 0) is 4.74 Å². The van der Waals surface area contributed by atoms with Crippen molar-refractivity contribution >= 4 is 17.6 Å². The minimum Gasteiger partial charge on any atom is -0.381 e. The maximum atomic E-state index is 13.0. The molecule has 0 saturated carbocycles. The number of halogens is 1. The van der Waals surface area contributed by atoms with Crippen molar-refractivity contribution in [2.24, 2.45) is 0 Å². The molecule has 0 amide bonds. The lowest BCUT2D eigenvalue weighted by molar-refractivity contribution is 0.190. The van der Waals surface area contributed by atoms with Crippen molar-refractivity contribution in [3.8, 4) is 0 Å². The molecule has 0 aromatic carbocycles. The van der Waals surface area contributed by atoms with E-state index in [1.54, 1.807) is 0 Å². The molecule has 0 radical (unpaired) electrons. The van der Waals surface area contributed by atoms with Gasteiger partial charge in [0.2, 0.25) is 0 Å². The zero-order chi connectivity index (χ0) is 10.1. The van der Waals surface area contributed by atoms with E-state index in [4.69, 9.17) is 10.5 Å². The number of hydrogen-bond donors (Lipinski definition) is 1. The lowest BCUT2D eigenvalue weighted by atomic mass is 10.5. The molecule has 0 aliphatic carbocycles. The third-order valence-corrected chi connectivity index (χ3v) is 2.90. The van der Waals surface area contributed by atoms with Crippen LogP contribution >= 0.6 is 11.8 Å². The number of aromatic nitrogens is 2. The molecule has 0 bridgehead atoms. The van der Waals surface area contributed by atoms with Crippen molar-refractivity contribution in [3.05, 3.63) is 22.5 Å². The molecule has 0 spiro atoms. The van der Waals surface area contributed by atoms with E-state index < -0.39 is 11.5 Å². The third-order valence-electron chi connectivity index (χ3n) is 1.85. The fourth-order valence-corrected chi connectivity index (χ4v) is 2.00. The Morgan fingerprint density at radius 2 is 2.57 bits per heavy atom. The van der Waals surface area contributed by atoms with Crippen molar-refractivity contribution in [2.45, 2.75) is 5.37 Å². The van der Waals surface area contributed by atoms with Crippen molar-refractivity contribution < 1.29 is 9.13 Å². The first-order valence-corrected chi connectivity index (χ1v) is 4.97. The fourth-order valence-electron chi connectivity index (χ4n) is 1.15. The van der Waals surface area contributed by atoms with Crippen LogP contribution in [-0.4, -0.2) is 22.1 Å². The molecule has 1 aliphatic rings. The molecule has 76 valence electrons. The Balaban J connectivity index is 2.42. The summed E-state index contributed by atoms with van der Waals surface area (Å²) >= 11 is 1.42. The molecule has 2 heterocycles. The van der Waals surface area contributed by atoms with Gasteiger partial charge in [-0.15, -0.1) is 11.8 Å². The van der Waals surface area contributed by atoms with Gasteiger partial charge in [-0.25, -0.2) is 9.18 Å². The first-order chi connectivity index (χ1) is 6.68. The summed E-state index contributed by atoms with van der Waals surface area (Å²) in [5, 5.41) is -0.204. The SMILES string of the molecule is Nc1nc(=O)n(C2COCS2)cc1F. The van der Waals surface area contributed by atoms with Crippen LogP contribution in [0.3, 0.4) is 0 Å². The van der Waals surface area contributed by atoms with Crippen LogP contribution in [0, 0.1) is 5.82 Å². The third kappa shape index (κ3) is 1.60. The Morgan fingerprint density at radius 3 is 3.21 bits per heavy atom. The lowest BCUT2D eigenvalue weighted by Gasteiger charge is -2.10. The summed E-state index contributed by atoms with van der Waals surface area (Å²) in [4.78, 5) is 14.7. The van der Waals surface area contributed by atoms with E-state index in [2.05, 4.69) is 4.98 Å². The summed E-state index contributed by atoms with van der Waals surface area (Å²) in [5.74, 6) is -0.546. The van der Waals surface area contributed by atoms with E-state index in [1.165, 1.54) is 16.3 Å². The molecule has 2 rings (SSSR count). The molecule has 1 atom stereocenters. The van der Waals surface area contributed by atoms with Crippen molar-refractivity contribution in [2.75, 3.05) is 18.3 Å². The zero-order valence-corrected chi connectivity index (χ0v) is 7.96. The van der Waals surface area contributed by atoms with E-state index in [0.29, 0.717) is 12.5 Å². The summed E-state index contributed by atoms with van der Waals surface area (Å²) in [6.07, 6.45) is 1.07. The summed E-state index contributed by atoms with van der Waals surface area (Å²) in [6, 6.07) is 0. The molecule has 1 unspecified atom stereocenters. The highest BCUT2D eigenvalue weighted by Crippen LogP contribution is 2.28. The molecule has 1 aromatic rings. The van der Waals surface area contributed by atoms with Gasteiger partial charge in [0.1, 0.15) is 5.37 Å². The average molecular weight is 217 g/mol. The highest BCUT2D eigenvalue weighted by molar-refractivity contribution is 7.99. The topological polar surface area (TPSA) is 70.1 Å². The average Bonchev–Trinajstić information content (AvgIpc) is 2.64. The minimum absolute atomic E-state index is 0.204. The van der Waals surface area contributed by atoms with Gasteiger partial charge in [0.15, 0.2) is 11.6 Å². The van der Waals surface area contributed by atoms with Crippen molar-refractivity contribution in [3.63, 3.8) is 0 Å². The zero-order valence-electron chi connectivity index (χ0n) is 7.14. The van der Waals surface area contributed by atoms with Crippen molar-refractivity contribution in [1.82, 2.24) is 9.55 Å². The molecular formula is C7H8FN3O2S. The molecule has 1 saturated heterocycles. The highest BCUT2D eigenvalue weighted by atomic mass is 32.2. The number of nitrogen functional groups attached to an aromatic ring is 1. The van der Waals surface area contributed by atoms with Gasteiger partial charge in [-0.05, 0) is 0 Å². The Bertz CT molecular complexity index is 402. The van der Waals surface area contributed by atoms with Crippen LogP contribution in [0.15, 0.2) is 11.0 Å². The van der Waals surface area contributed by atoms with Gasteiger partial charge in [0, 0.05) is 6.20 Å². The van der Waals surface area contributed by atoms with Gasteiger partial charge >= 0.3 is 5.69 Å². The van der Waals surface area contributed by atoms with E-state index in [1.807, 2.05) is 0 Å². The summed E-state index contributed by atoms with van der Waals surface area (Å²) in [7, 11) is 0. The highest BCUT2D eigenvalue weighted by Gasteiger charge is 2.20. The first-order valence-electron chi connectivity index (χ1n) is 3.92. The van der Waals surface area contributed by atoms with Crippen LogP contribution in [0.5, 0.6) is 0 Å². The summed E-state index contributed by atoms with van der Waals surface area (Å²) in [5.41, 5.74) is 4.60. The van der Waals surface area contributed by atoms with Crippen LogP contribution in [0.4, 0.5) is 10.2 Å². The number of thioether (sulfide) groups is 1. The quantitative estimate of drug-likeness (QED) is 0.726. The Kier molecular flexibility index (Phi) is 2.42. The number of nitrogens with two attached hydrogens (primary N) is 1. The predicted octanol–water partition coefficient (Wildman–Crippen LogP) is 0.184. The van der Waals surface area contributed by atoms with Crippen LogP contribution in [0.25, 0.3) is 0 Å². The molecule has 2 N–H and O–H groups in total. The normalized spacial score (nSPS) is 21.4. The number of hydrogen-bond acceptors (Lipinski definition) is 5. The predicted molar refractivity (Wildman–Crippen MR) is 50.3 cm³/mol. The van der Waals surface area contributed by atoms with Gasteiger partial charge in [0.25, 0.3) is 0 Å². The van der Waals surface area contributed by atoms with Gasteiger partial charge < -0.3 is 10.5 Å². The number of ether oxygens (including phenoxy) is 1. The van der Waals surface area contributed by atoms with E-state index >= 15 is 0 Å². The second kappa shape index (κ2) is 3.58. The molecule has 1 aromatic heterocycles. The molecular weight excluding hydrogens is 209 g/mol. The number of anilines is 1. The minimum atomic E-state index is -0.683. The first kappa shape index (κ1) is 9.47. The van der Waals surface area contributed by atoms with E-state index in [-0.39, 0.29) is 11.2 Å². The molecule has 5 nitrogen and oxygen atoms in total. The number of nitrogens with zero attached hydrogens (tertiary/aromatic N) is 2. The Morgan fingerprint density at radius 1 is 1.79 bits per heavy atom. The van der Waals surface area contributed by atoms with Gasteiger partial charge in [0.05, 0.1) is 12.5 Å². The second-order valence-corrected chi connectivity index (χ2v) is 3.89. The van der Waals surface area contributed by atoms with Crippen LogP contribution in [0.1, 0.15) is 5.37 Å². The fraction of sp³-hybridized carbons (Fsp3) is 0.429. The van der Waals surface area contributed by atoms with E-state index in [9.17, 15) is 9.18 Å². The van der Waals surface area contributed by atoms with Gasteiger partial charge in [-0.2, -0.15) is 4.98 Å². The molecule has 14 heavy (non-hydrogen) atoms. The van der Waals surface area contributed by atoms with E-state index in [0.717, 1.165) is 6.20 Å². The Labute approximate surface area is 83.1 Å². The Hall–Kier alpha value is -1.08. The summed E-state index contributed by atoms with van der Waals surface area (Å²) in [6.45, 7) is 0.385. The number of rotatable bonds is 1. The monoisotopic (exact) mass is 217 g/mol. The molecule has 1 fully saturated rings. The second-order valence-electron chi connectivity index (χ2n) is 2.77. The van der Waals surface area contributed by atoms with Crippen LogP contribution < -0.4 is 11.4 Å². The van der Waals surface area contributed by atoms with Crippen molar-refractivity contribution in [1.29, 1.82) is 0 Å².